The topological polar surface area (TPSA) is 25.6 Å². The van der Waals surface area contributed by atoms with E-state index in [1.54, 1.807) is 0 Å². The fourth-order valence-electron chi connectivity index (χ4n) is 3.94. The molecule has 1 aromatic heterocycles. The molecular formula is C30H29BNO2. The Labute approximate surface area is 202 Å². The largest absolute Gasteiger partial charge is 0.456 e. The Kier molecular flexibility index (Phi) is 5.93. The third kappa shape index (κ3) is 4.34. The van der Waals surface area contributed by atoms with Crippen LogP contribution in [0.4, 0.5) is 17.1 Å². The van der Waals surface area contributed by atoms with Gasteiger partial charge in [-0.05, 0) is 62.2 Å². The van der Waals surface area contributed by atoms with Crippen LogP contribution in [0.15, 0.2) is 101 Å². The number of anilines is 3. The Morgan fingerprint density at radius 1 is 0.706 bits per heavy atom. The molecule has 34 heavy (non-hydrogen) atoms. The van der Waals surface area contributed by atoms with Gasteiger partial charge < -0.3 is 14.0 Å². The van der Waals surface area contributed by atoms with Gasteiger partial charge in [-0.25, -0.2) is 0 Å². The van der Waals surface area contributed by atoms with Crippen molar-refractivity contribution >= 4 is 51.9 Å². The van der Waals surface area contributed by atoms with Crippen LogP contribution in [-0.4, -0.2) is 13.1 Å². The molecule has 0 bridgehead atoms. The molecule has 0 spiro atoms. The number of hydrogen-bond donors (Lipinski definition) is 0. The summed E-state index contributed by atoms with van der Waals surface area (Å²) >= 11 is 0. The maximum atomic E-state index is 6.17. The van der Waals surface area contributed by atoms with E-state index in [1.165, 1.54) is 0 Å². The van der Waals surface area contributed by atoms with E-state index in [0.29, 0.717) is 5.92 Å². The van der Waals surface area contributed by atoms with Gasteiger partial charge in [0.25, 0.3) is 0 Å². The van der Waals surface area contributed by atoms with Crippen LogP contribution in [-0.2, 0) is 4.65 Å². The van der Waals surface area contributed by atoms with E-state index in [1.807, 2.05) is 31.7 Å². The summed E-state index contributed by atoms with van der Waals surface area (Å²) in [6.07, 6.45) is 0. The summed E-state index contributed by atoms with van der Waals surface area (Å²) < 4.78 is 12.2. The molecule has 0 atom stereocenters. The maximum absolute atomic E-state index is 6.17. The maximum Gasteiger partial charge on any atom is 0.330 e. The average Bonchev–Trinajstić information content (AvgIpc) is 3.22. The Hall–Kier alpha value is -3.50. The SMILES string of the molecule is CC(C)C(C)(C)O[B]c1ccc(N(c2ccccc2)c2ccc3c(c2)oc2ccccc23)cc1. The first kappa shape index (κ1) is 22.3. The molecular weight excluding hydrogens is 417 g/mol. The van der Waals surface area contributed by atoms with Gasteiger partial charge in [0.1, 0.15) is 11.2 Å². The molecule has 0 N–H and O–H groups in total. The molecule has 0 saturated carbocycles. The molecule has 169 valence electrons. The lowest BCUT2D eigenvalue weighted by Gasteiger charge is -2.30. The van der Waals surface area contributed by atoms with Crippen molar-refractivity contribution in [2.75, 3.05) is 4.90 Å². The molecule has 0 saturated heterocycles. The molecule has 5 rings (SSSR count). The number of benzene rings is 4. The van der Waals surface area contributed by atoms with Crippen LogP contribution < -0.4 is 10.4 Å². The predicted molar refractivity (Wildman–Crippen MR) is 144 cm³/mol. The van der Waals surface area contributed by atoms with Crippen LogP contribution in [0.3, 0.4) is 0 Å². The second-order valence-electron chi connectivity index (χ2n) is 9.54. The zero-order valence-corrected chi connectivity index (χ0v) is 20.2. The zero-order valence-electron chi connectivity index (χ0n) is 20.2. The Balaban J connectivity index is 1.50. The highest BCUT2D eigenvalue weighted by atomic mass is 16.5. The summed E-state index contributed by atoms with van der Waals surface area (Å²) in [6, 6.07) is 33.5. The summed E-state index contributed by atoms with van der Waals surface area (Å²) in [5.74, 6) is 0.421. The predicted octanol–water partition coefficient (Wildman–Crippen LogP) is 7.75. The molecule has 0 aliphatic carbocycles. The summed E-state index contributed by atoms with van der Waals surface area (Å²) in [5, 5.41) is 2.27. The normalized spacial score (nSPS) is 11.9. The van der Waals surface area contributed by atoms with Gasteiger partial charge >= 0.3 is 7.48 Å². The molecule has 5 aromatic rings. The molecule has 0 amide bonds. The number of rotatable bonds is 7. The first-order chi connectivity index (χ1) is 16.4. The van der Waals surface area contributed by atoms with Gasteiger partial charge in [0, 0.05) is 39.5 Å². The van der Waals surface area contributed by atoms with Crippen LogP contribution in [0.5, 0.6) is 0 Å². The standard InChI is InChI=1S/C30H29BNO2/c1-21(2)30(3,4)34-31-22-14-16-24(17-15-22)32(23-10-6-5-7-11-23)25-18-19-27-26-12-8-9-13-28(26)33-29(27)20-25/h5-21H,1-4H3. The minimum atomic E-state index is -0.212. The lowest BCUT2D eigenvalue weighted by molar-refractivity contribution is 0.0668. The Morgan fingerprint density at radius 3 is 2.06 bits per heavy atom. The van der Waals surface area contributed by atoms with Crippen molar-refractivity contribution in [3.63, 3.8) is 0 Å². The van der Waals surface area contributed by atoms with Crippen molar-refractivity contribution in [3.05, 3.63) is 97.1 Å². The summed E-state index contributed by atoms with van der Waals surface area (Å²) in [4.78, 5) is 2.25. The second kappa shape index (κ2) is 9.04. The third-order valence-electron chi connectivity index (χ3n) is 6.68. The molecule has 0 aliphatic heterocycles. The van der Waals surface area contributed by atoms with Crippen molar-refractivity contribution in [2.45, 2.75) is 33.3 Å². The van der Waals surface area contributed by atoms with E-state index in [-0.39, 0.29) is 5.60 Å². The summed E-state index contributed by atoms with van der Waals surface area (Å²) in [7, 11) is 1.86. The van der Waals surface area contributed by atoms with E-state index < -0.39 is 0 Å². The minimum Gasteiger partial charge on any atom is -0.456 e. The number of para-hydroxylation sites is 2. The van der Waals surface area contributed by atoms with Crippen molar-refractivity contribution in [2.24, 2.45) is 5.92 Å². The number of furan rings is 1. The lowest BCUT2D eigenvalue weighted by atomic mass is 9.84. The average molecular weight is 446 g/mol. The Bertz CT molecular complexity index is 1400. The zero-order chi connectivity index (χ0) is 23.7. The summed E-state index contributed by atoms with van der Waals surface area (Å²) in [5.41, 5.74) is 5.83. The van der Waals surface area contributed by atoms with Crippen molar-refractivity contribution in [1.29, 1.82) is 0 Å². The van der Waals surface area contributed by atoms with Gasteiger partial charge in [-0.1, -0.05) is 67.8 Å². The first-order valence-electron chi connectivity index (χ1n) is 11.8. The van der Waals surface area contributed by atoms with E-state index in [2.05, 4.69) is 105 Å². The van der Waals surface area contributed by atoms with Gasteiger partial charge in [0.15, 0.2) is 0 Å². The first-order valence-corrected chi connectivity index (χ1v) is 11.8. The van der Waals surface area contributed by atoms with E-state index >= 15 is 0 Å². The molecule has 0 aliphatic rings. The van der Waals surface area contributed by atoms with Gasteiger partial charge in [-0.3, -0.25) is 0 Å². The van der Waals surface area contributed by atoms with Crippen LogP contribution in [0.2, 0.25) is 0 Å². The molecule has 3 nitrogen and oxygen atoms in total. The molecule has 4 heteroatoms. The smallest absolute Gasteiger partial charge is 0.330 e. The van der Waals surface area contributed by atoms with Gasteiger partial charge in [-0.15, -0.1) is 0 Å². The van der Waals surface area contributed by atoms with E-state index in [0.717, 1.165) is 44.5 Å². The van der Waals surface area contributed by atoms with E-state index in [4.69, 9.17) is 9.07 Å². The minimum absolute atomic E-state index is 0.212. The number of hydrogen-bond acceptors (Lipinski definition) is 3. The molecule has 1 radical (unpaired) electrons. The second-order valence-corrected chi connectivity index (χ2v) is 9.54. The van der Waals surface area contributed by atoms with Gasteiger partial charge in [0.2, 0.25) is 0 Å². The molecule has 0 unspecified atom stereocenters. The number of fused-ring (bicyclic) bond motifs is 3. The monoisotopic (exact) mass is 446 g/mol. The highest BCUT2D eigenvalue weighted by Crippen LogP contribution is 2.37. The van der Waals surface area contributed by atoms with Crippen molar-refractivity contribution < 1.29 is 9.07 Å². The van der Waals surface area contributed by atoms with Crippen LogP contribution >= 0.6 is 0 Å². The quantitative estimate of drug-likeness (QED) is 0.239. The molecule has 4 aromatic carbocycles. The molecule has 0 fully saturated rings. The van der Waals surface area contributed by atoms with Gasteiger partial charge in [-0.2, -0.15) is 0 Å². The van der Waals surface area contributed by atoms with Crippen LogP contribution in [0, 0.1) is 5.92 Å². The fraction of sp³-hybridized carbons (Fsp3) is 0.200. The fourth-order valence-corrected chi connectivity index (χ4v) is 3.94. The van der Waals surface area contributed by atoms with Crippen LogP contribution in [0.1, 0.15) is 27.7 Å². The third-order valence-corrected chi connectivity index (χ3v) is 6.68. The lowest BCUT2D eigenvalue weighted by Crippen LogP contribution is -2.36. The summed E-state index contributed by atoms with van der Waals surface area (Å²) in [6.45, 7) is 8.59. The highest BCUT2D eigenvalue weighted by Gasteiger charge is 2.23. The number of nitrogens with zero attached hydrogens (tertiary/aromatic N) is 1. The van der Waals surface area contributed by atoms with Gasteiger partial charge in [0.05, 0.1) is 0 Å². The van der Waals surface area contributed by atoms with Crippen molar-refractivity contribution in [1.82, 2.24) is 0 Å². The Morgan fingerprint density at radius 2 is 1.32 bits per heavy atom. The van der Waals surface area contributed by atoms with Crippen molar-refractivity contribution in [3.8, 4) is 0 Å². The van der Waals surface area contributed by atoms with Crippen LogP contribution in [0.25, 0.3) is 21.9 Å². The molecule has 1 heterocycles. The van der Waals surface area contributed by atoms with E-state index in [9.17, 15) is 0 Å². The highest BCUT2D eigenvalue weighted by molar-refractivity contribution is 6.47.